The lowest BCUT2D eigenvalue weighted by Crippen LogP contribution is -2.48. The molecular weight excluding hydrogens is 474 g/mol. The molecule has 0 saturated heterocycles. The summed E-state index contributed by atoms with van der Waals surface area (Å²) >= 11 is 1.35. The zero-order chi connectivity index (χ0) is 25.5. The summed E-state index contributed by atoms with van der Waals surface area (Å²) in [5.74, 6) is -0.706. The van der Waals surface area contributed by atoms with Gasteiger partial charge in [0, 0.05) is 12.2 Å². The molecule has 1 aliphatic rings. The first-order valence-electron chi connectivity index (χ1n) is 12.0. The Morgan fingerprint density at radius 3 is 2.56 bits per heavy atom. The van der Waals surface area contributed by atoms with Crippen molar-refractivity contribution in [3.05, 3.63) is 93.7 Å². The van der Waals surface area contributed by atoms with E-state index in [4.69, 9.17) is 4.74 Å². The number of amides is 3. The summed E-state index contributed by atoms with van der Waals surface area (Å²) in [4.78, 5) is 41.6. The fraction of sp³-hybridized carbons (Fsp3) is 0.250. The number of hydrogen-bond donors (Lipinski definition) is 2. The summed E-state index contributed by atoms with van der Waals surface area (Å²) in [6, 6.07) is 19.2. The van der Waals surface area contributed by atoms with Crippen molar-refractivity contribution in [2.24, 2.45) is 0 Å². The molecule has 4 rings (SSSR count). The van der Waals surface area contributed by atoms with Crippen LogP contribution in [0.5, 0.6) is 0 Å². The van der Waals surface area contributed by atoms with Crippen LogP contribution in [0.25, 0.3) is 5.70 Å². The smallest absolute Gasteiger partial charge is 0.338 e. The molecule has 0 bridgehead atoms. The first kappa shape index (κ1) is 25.2. The largest absolute Gasteiger partial charge is 0.463 e. The summed E-state index contributed by atoms with van der Waals surface area (Å²) in [5.41, 5.74) is 2.90. The molecule has 3 amide bonds. The van der Waals surface area contributed by atoms with Crippen LogP contribution in [0.1, 0.15) is 53.5 Å². The van der Waals surface area contributed by atoms with E-state index in [0.29, 0.717) is 33.9 Å². The van der Waals surface area contributed by atoms with E-state index in [1.807, 2.05) is 47.8 Å². The van der Waals surface area contributed by atoms with Gasteiger partial charge in [0.1, 0.15) is 0 Å². The average Bonchev–Trinajstić information content (AvgIpc) is 3.43. The molecule has 0 fully saturated rings. The van der Waals surface area contributed by atoms with Gasteiger partial charge in [0.2, 0.25) is 0 Å². The van der Waals surface area contributed by atoms with E-state index in [2.05, 4.69) is 17.6 Å². The molecule has 2 N–H and O–H groups in total. The molecule has 1 aromatic heterocycles. The molecule has 2 heterocycles. The number of urea groups is 1. The number of thiophene rings is 1. The highest BCUT2D eigenvalue weighted by molar-refractivity contribution is 7.12. The number of rotatable bonds is 9. The Bertz CT molecular complexity index is 1250. The minimum absolute atomic E-state index is 0.205. The van der Waals surface area contributed by atoms with Crippen molar-refractivity contribution in [1.82, 2.24) is 10.2 Å². The minimum Gasteiger partial charge on any atom is -0.463 e. The van der Waals surface area contributed by atoms with E-state index >= 15 is 0 Å². The summed E-state index contributed by atoms with van der Waals surface area (Å²) in [5, 5.41) is 7.75. The van der Waals surface area contributed by atoms with Crippen LogP contribution in [0.3, 0.4) is 0 Å². The van der Waals surface area contributed by atoms with Crippen LogP contribution >= 0.6 is 11.3 Å². The summed E-state index contributed by atoms with van der Waals surface area (Å²) < 4.78 is 5.47. The standard InChI is InChI=1S/C28H29N3O4S/c1-3-5-16-31-25(19-11-7-6-8-12-19)23(27(33)35-4-2)24(30-28(31)34)20-13-9-14-21(18-20)29-26(32)22-15-10-17-36-22/h6-15,17-18,24H,3-5,16H2,1-2H3,(H,29,32)(H,30,34). The van der Waals surface area contributed by atoms with Crippen molar-refractivity contribution >= 4 is 40.6 Å². The van der Waals surface area contributed by atoms with Gasteiger partial charge in [-0.25, -0.2) is 9.59 Å². The number of nitrogens with one attached hydrogen (secondary N) is 2. The summed E-state index contributed by atoms with van der Waals surface area (Å²) in [6.07, 6.45) is 1.69. The SMILES string of the molecule is CCCCN1C(=O)NC(c2cccc(NC(=O)c3cccs3)c2)C(C(=O)OCC)=C1c1ccccc1. The maximum atomic E-state index is 13.4. The molecule has 36 heavy (non-hydrogen) atoms. The van der Waals surface area contributed by atoms with E-state index in [1.54, 1.807) is 36.1 Å². The van der Waals surface area contributed by atoms with E-state index in [-0.39, 0.29) is 18.5 Å². The number of hydrogen-bond acceptors (Lipinski definition) is 5. The molecule has 0 saturated carbocycles. The molecule has 0 radical (unpaired) electrons. The van der Waals surface area contributed by atoms with Gasteiger partial charge >= 0.3 is 12.0 Å². The Morgan fingerprint density at radius 1 is 1.06 bits per heavy atom. The highest BCUT2D eigenvalue weighted by Gasteiger charge is 2.38. The zero-order valence-corrected chi connectivity index (χ0v) is 21.1. The molecule has 0 spiro atoms. The summed E-state index contributed by atoms with van der Waals surface area (Å²) in [6.45, 7) is 4.49. The lowest BCUT2D eigenvalue weighted by Gasteiger charge is -2.37. The molecule has 0 aliphatic carbocycles. The molecule has 1 atom stereocenters. The quantitative estimate of drug-likeness (QED) is 0.359. The fourth-order valence-electron chi connectivity index (χ4n) is 4.16. The molecule has 186 valence electrons. The van der Waals surface area contributed by atoms with Gasteiger partial charge in [-0.05, 0) is 48.1 Å². The highest BCUT2D eigenvalue weighted by Crippen LogP contribution is 2.37. The second-order valence-electron chi connectivity index (χ2n) is 8.29. The van der Waals surface area contributed by atoms with Crippen LogP contribution in [0, 0.1) is 0 Å². The first-order chi connectivity index (χ1) is 17.5. The number of anilines is 1. The number of unbranched alkanes of at least 4 members (excludes halogenated alkanes) is 1. The molecule has 2 aromatic carbocycles. The Morgan fingerprint density at radius 2 is 1.86 bits per heavy atom. The van der Waals surface area contributed by atoms with Crippen molar-refractivity contribution < 1.29 is 19.1 Å². The third kappa shape index (κ3) is 5.49. The Kier molecular flexibility index (Phi) is 8.17. The van der Waals surface area contributed by atoms with E-state index < -0.39 is 12.0 Å². The van der Waals surface area contributed by atoms with Gasteiger partial charge < -0.3 is 15.4 Å². The maximum absolute atomic E-state index is 13.4. The van der Waals surface area contributed by atoms with Crippen LogP contribution in [0.2, 0.25) is 0 Å². The van der Waals surface area contributed by atoms with Gasteiger partial charge in [0.25, 0.3) is 5.91 Å². The number of ether oxygens (including phenoxy) is 1. The van der Waals surface area contributed by atoms with Crippen LogP contribution in [-0.2, 0) is 9.53 Å². The third-order valence-corrected chi connectivity index (χ3v) is 6.70. The highest BCUT2D eigenvalue weighted by atomic mass is 32.1. The van der Waals surface area contributed by atoms with Gasteiger partial charge in [-0.15, -0.1) is 11.3 Å². The van der Waals surface area contributed by atoms with Gasteiger partial charge in [-0.3, -0.25) is 9.69 Å². The topological polar surface area (TPSA) is 87.7 Å². The molecule has 8 heteroatoms. The van der Waals surface area contributed by atoms with Crippen molar-refractivity contribution in [2.75, 3.05) is 18.5 Å². The van der Waals surface area contributed by atoms with Crippen molar-refractivity contribution in [3.63, 3.8) is 0 Å². The predicted molar refractivity (Wildman–Crippen MR) is 142 cm³/mol. The molecule has 1 unspecified atom stereocenters. The second kappa shape index (κ2) is 11.7. The zero-order valence-electron chi connectivity index (χ0n) is 20.3. The molecule has 7 nitrogen and oxygen atoms in total. The van der Waals surface area contributed by atoms with E-state index in [0.717, 1.165) is 18.4 Å². The van der Waals surface area contributed by atoms with E-state index in [9.17, 15) is 14.4 Å². The van der Waals surface area contributed by atoms with Crippen LogP contribution in [-0.4, -0.2) is 36.0 Å². The van der Waals surface area contributed by atoms with Gasteiger partial charge in [0.05, 0.1) is 28.8 Å². The van der Waals surface area contributed by atoms with Crippen molar-refractivity contribution in [1.29, 1.82) is 0 Å². The minimum atomic E-state index is -0.747. The van der Waals surface area contributed by atoms with Gasteiger partial charge in [0.15, 0.2) is 0 Å². The Hall–Kier alpha value is -3.91. The van der Waals surface area contributed by atoms with Gasteiger partial charge in [-0.2, -0.15) is 0 Å². The molecule has 1 aliphatic heterocycles. The number of carbonyl (C=O) groups excluding carboxylic acids is 3. The second-order valence-corrected chi connectivity index (χ2v) is 9.24. The van der Waals surface area contributed by atoms with Gasteiger partial charge in [-0.1, -0.05) is 61.9 Å². The maximum Gasteiger partial charge on any atom is 0.338 e. The molecule has 3 aromatic rings. The third-order valence-electron chi connectivity index (χ3n) is 5.83. The van der Waals surface area contributed by atoms with E-state index in [1.165, 1.54) is 11.3 Å². The average molecular weight is 504 g/mol. The number of carbonyl (C=O) groups is 3. The number of nitrogens with zero attached hydrogens (tertiary/aromatic N) is 1. The van der Waals surface area contributed by atoms with Crippen LogP contribution < -0.4 is 10.6 Å². The number of benzene rings is 2. The fourth-order valence-corrected chi connectivity index (χ4v) is 4.78. The molecular formula is C28H29N3O4S. The van der Waals surface area contributed by atoms with Crippen LogP contribution in [0.15, 0.2) is 77.7 Å². The lowest BCUT2D eigenvalue weighted by atomic mass is 9.91. The first-order valence-corrected chi connectivity index (χ1v) is 12.9. The Balaban J connectivity index is 1.80. The normalized spacial score (nSPS) is 15.4. The lowest BCUT2D eigenvalue weighted by molar-refractivity contribution is -0.138. The Labute approximate surface area is 214 Å². The van der Waals surface area contributed by atoms with Crippen molar-refractivity contribution in [2.45, 2.75) is 32.7 Å². The predicted octanol–water partition coefficient (Wildman–Crippen LogP) is 5.84. The number of esters is 1. The monoisotopic (exact) mass is 503 g/mol. The summed E-state index contributed by atoms with van der Waals surface area (Å²) in [7, 11) is 0. The van der Waals surface area contributed by atoms with Crippen molar-refractivity contribution in [3.8, 4) is 0 Å². The van der Waals surface area contributed by atoms with Crippen LogP contribution in [0.4, 0.5) is 10.5 Å².